The molecule has 3 heterocycles. The lowest BCUT2D eigenvalue weighted by Crippen LogP contribution is -2.66. The van der Waals surface area contributed by atoms with Crippen LogP contribution in [-0.2, 0) is 33.2 Å². The van der Waals surface area contributed by atoms with Crippen molar-refractivity contribution in [1.29, 1.82) is 0 Å². The van der Waals surface area contributed by atoms with E-state index in [0.29, 0.717) is 12.8 Å². The Morgan fingerprint density at radius 2 is 0.670 bits per heavy atom. The van der Waals surface area contributed by atoms with Gasteiger partial charge in [-0.3, -0.25) is 4.79 Å². The van der Waals surface area contributed by atoms with Gasteiger partial charge in [0.25, 0.3) is 0 Å². The molecule has 0 bridgehead atoms. The first-order chi connectivity index (χ1) is 50.3. The first-order valence-corrected chi connectivity index (χ1v) is 41.0. The zero-order chi connectivity index (χ0) is 74.6. The summed E-state index contributed by atoms with van der Waals surface area (Å²) in [5, 5.41) is 121. The maximum Gasteiger partial charge on any atom is 0.220 e. The van der Waals surface area contributed by atoms with Gasteiger partial charge in [-0.15, -0.1) is 0 Å². The van der Waals surface area contributed by atoms with Crippen LogP contribution in [0.2, 0.25) is 0 Å². The number of unbranched alkanes of at least 4 members (excludes halogenated alkanes) is 32. The quantitative estimate of drug-likeness (QED) is 0.0199. The van der Waals surface area contributed by atoms with E-state index >= 15 is 0 Å². The van der Waals surface area contributed by atoms with Crippen molar-refractivity contribution in [2.24, 2.45) is 0 Å². The fourth-order valence-electron chi connectivity index (χ4n) is 13.4. The maximum absolute atomic E-state index is 13.5. The number of hydrogen-bond donors (Lipinski definition) is 12. The molecule has 0 saturated carbocycles. The lowest BCUT2D eigenvalue weighted by molar-refractivity contribution is -0.379. The second-order valence-corrected chi connectivity index (χ2v) is 28.9. The highest BCUT2D eigenvalue weighted by Gasteiger charge is 2.54. The Labute approximate surface area is 622 Å². The number of amides is 1. The van der Waals surface area contributed by atoms with E-state index in [1.807, 2.05) is 0 Å². The highest BCUT2D eigenvalue weighted by Crippen LogP contribution is 2.33. The van der Waals surface area contributed by atoms with Gasteiger partial charge in [0.2, 0.25) is 5.91 Å². The van der Waals surface area contributed by atoms with Crippen molar-refractivity contribution in [3.05, 3.63) is 97.2 Å². The van der Waals surface area contributed by atoms with E-state index in [-0.39, 0.29) is 18.9 Å². The fraction of sp³-hybridized carbons (Fsp3) is 0.798. The largest absolute Gasteiger partial charge is 0.394 e. The van der Waals surface area contributed by atoms with E-state index in [4.69, 9.17) is 28.4 Å². The fourth-order valence-corrected chi connectivity index (χ4v) is 13.4. The van der Waals surface area contributed by atoms with E-state index in [9.17, 15) is 61.0 Å². The lowest BCUT2D eigenvalue weighted by Gasteiger charge is -2.48. The molecule has 0 aliphatic carbocycles. The molecule has 0 aromatic carbocycles. The lowest BCUT2D eigenvalue weighted by atomic mass is 9.96. The van der Waals surface area contributed by atoms with Crippen molar-refractivity contribution in [3.63, 3.8) is 0 Å². The van der Waals surface area contributed by atoms with Crippen LogP contribution in [0.4, 0.5) is 0 Å². The van der Waals surface area contributed by atoms with Gasteiger partial charge < -0.3 is 89.9 Å². The highest BCUT2D eigenvalue weighted by atomic mass is 16.8. The van der Waals surface area contributed by atoms with Crippen LogP contribution in [0, 0.1) is 0 Å². The number of allylic oxidation sites excluding steroid dienone is 16. The van der Waals surface area contributed by atoms with Crippen LogP contribution in [0.3, 0.4) is 0 Å². The molecule has 17 atom stereocenters. The molecule has 3 aliphatic heterocycles. The third-order valence-corrected chi connectivity index (χ3v) is 19.9. The van der Waals surface area contributed by atoms with Crippen LogP contribution < -0.4 is 5.32 Å². The number of aliphatic hydroxyl groups is 11. The molecule has 103 heavy (non-hydrogen) atoms. The first-order valence-electron chi connectivity index (χ1n) is 41.0. The summed E-state index contributed by atoms with van der Waals surface area (Å²) < 4.78 is 34.5. The van der Waals surface area contributed by atoms with E-state index in [2.05, 4.69) is 116 Å². The van der Waals surface area contributed by atoms with Crippen LogP contribution in [0.15, 0.2) is 97.2 Å². The number of nitrogens with one attached hydrogen (secondary N) is 1. The molecule has 17 unspecified atom stereocenters. The van der Waals surface area contributed by atoms with Gasteiger partial charge in [0.1, 0.15) is 73.2 Å². The number of rotatable bonds is 64. The van der Waals surface area contributed by atoms with Crippen molar-refractivity contribution in [3.8, 4) is 0 Å². The van der Waals surface area contributed by atoms with E-state index in [1.54, 1.807) is 0 Å². The van der Waals surface area contributed by atoms with Crippen LogP contribution in [0.25, 0.3) is 0 Å². The van der Waals surface area contributed by atoms with E-state index < -0.39 is 124 Å². The smallest absolute Gasteiger partial charge is 0.220 e. The van der Waals surface area contributed by atoms with Crippen LogP contribution in [0.1, 0.15) is 296 Å². The summed E-state index contributed by atoms with van der Waals surface area (Å²) in [6, 6.07) is -0.911. The molecule has 3 saturated heterocycles. The Morgan fingerprint density at radius 1 is 0.359 bits per heavy atom. The van der Waals surface area contributed by atoms with Gasteiger partial charge in [0.15, 0.2) is 18.9 Å². The molecule has 596 valence electrons. The maximum atomic E-state index is 13.5. The predicted octanol–water partition coefficient (Wildman–Crippen LogP) is 14.0. The van der Waals surface area contributed by atoms with Gasteiger partial charge in [-0.1, -0.05) is 310 Å². The normalized spacial score (nSPS) is 26.6. The molecule has 19 heteroatoms. The van der Waals surface area contributed by atoms with E-state index in [0.717, 1.165) is 103 Å². The minimum Gasteiger partial charge on any atom is -0.394 e. The molecular weight excluding hydrogens is 1310 g/mol. The third kappa shape index (κ3) is 43.5. The Morgan fingerprint density at radius 3 is 1.05 bits per heavy atom. The van der Waals surface area contributed by atoms with Crippen molar-refractivity contribution >= 4 is 5.91 Å². The van der Waals surface area contributed by atoms with Gasteiger partial charge in [0, 0.05) is 6.42 Å². The second kappa shape index (κ2) is 63.6. The Bertz CT molecular complexity index is 2240. The molecule has 12 N–H and O–H groups in total. The summed E-state index contributed by atoms with van der Waals surface area (Å²) >= 11 is 0. The Kier molecular flexibility index (Phi) is 58.0. The molecule has 0 aromatic heterocycles. The molecule has 0 aromatic rings. The number of aliphatic hydroxyl groups excluding tert-OH is 11. The second-order valence-electron chi connectivity index (χ2n) is 28.9. The van der Waals surface area contributed by atoms with Gasteiger partial charge in [-0.05, 0) is 77.0 Å². The number of carbonyl (C=O) groups is 1. The zero-order valence-electron chi connectivity index (χ0n) is 63.8. The molecule has 0 spiro atoms. The van der Waals surface area contributed by atoms with E-state index in [1.165, 1.54) is 161 Å². The van der Waals surface area contributed by atoms with Crippen molar-refractivity contribution in [2.45, 2.75) is 401 Å². The minimum absolute atomic E-state index is 0.231. The summed E-state index contributed by atoms with van der Waals surface area (Å²) in [6.07, 6.45) is 59.2. The summed E-state index contributed by atoms with van der Waals surface area (Å²) in [5.41, 5.74) is 0. The van der Waals surface area contributed by atoms with Crippen molar-refractivity contribution in [1.82, 2.24) is 5.32 Å². The molecule has 0 radical (unpaired) electrons. The van der Waals surface area contributed by atoms with Crippen LogP contribution in [-0.4, -0.2) is 193 Å². The summed E-state index contributed by atoms with van der Waals surface area (Å²) in [5.74, 6) is -0.268. The van der Waals surface area contributed by atoms with Crippen molar-refractivity contribution in [2.75, 3.05) is 26.4 Å². The molecule has 3 rings (SSSR count). The Hall–Kier alpha value is -3.29. The van der Waals surface area contributed by atoms with Crippen molar-refractivity contribution < 1.29 is 89.4 Å². The minimum atomic E-state index is -1.98. The topological polar surface area (TPSA) is 307 Å². The van der Waals surface area contributed by atoms with Crippen LogP contribution >= 0.6 is 0 Å². The average molecular weight is 1460 g/mol. The van der Waals surface area contributed by atoms with Crippen LogP contribution in [0.5, 0.6) is 0 Å². The van der Waals surface area contributed by atoms with Gasteiger partial charge in [-0.25, -0.2) is 0 Å². The first kappa shape index (κ1) is 93.9. The monoisotopic (exact) mass is 1460 g/mol. The number of carbonyl (C=O) groups excluding carboxylic acids is 1. The van der Waals surface area contributed by atoms with Gasteiger partial charge >= 0.3 is 0 Å². The molecule has 1 amide bonds. The molecular formula is C84H147NO18. The standard InChI is InChI=1S/C84H147NO18/c1-3-5-7-9-11-13-15-17-19-21-23-25-27-29-31-33-35-37-39-41-43-45-47-49-51-53-55-57-59-61-68(89)67(85-72(90)62-60-58-56-54-52-50-48-46-44-42-40-38-36-34-32-30-28-26-24-22-20-18-16-14-12-10-8-6-4-2)66-98-82-78(96)75(93)80(70(64-87)100-82)103-84-79(97)76(94)81(71(65-88)101-84)102-83-77(95)74(92)73(91)69(63-86)99-83/h6,8,12,14,18,20,24,26,30,32,36,38,42,44,48,50,67-71,73-84,86-89,91-97H,3-5,7,9-11,13,15-17,19,21-23,25,27-29,31,33-35,37,39-41,43,45-47,49,51-66H2,1-2H3,(H,85,90)/b8-6-,14-12-,20-18-,26-24-,32-30-,38-36-,44-42-,50-48-. The highest BCUT2D eigenvalue weighted by molar-refractivity contribution is 5.76. The van der Waals surface area contributed by atoms with Gasteiger partial charge in [-0.2, -0.15) is 0 Å². The molecule has 3 aliphatic rings. The summed E-state index contributed by atoms with van der Waals surface area (Å²) in [7, 11) is 0. The Balaban J connectivity index is 1.38. The zero-order valence-corrected chi connectivity index (χ0v) is 63.8. The number of hydrogen-bond acceptors (Lipinski definition) is 18. The van der Waals surface area contributed by atoms with Gasteiger partial charge in [0.05, 0.1) is 38.6 Å². The summed E-state index contributed by atoms with van der Waals surface area (Å²) in [6.45, 7) is 1.69. The SMILES string of the molecule is CC/C=C\C/C=C\C/C=C\C/C=C\C/C=C\C/C=C\C/C=C\C/C=C\CCCCCCC(=O)NC(COC1OC(CO)C(OC2OC(CO)C(OC3OC(CO)C(O)C(O)C3O)C(O)C2O)C(O)C1O)C(O)CCCCCCCCCCCCCCCCCCCCCCCCCCCCCCC. The number of ether oxygens (including phenoxy) is 6. The molecule has 19 nitrogen and oxygen atoms in total. The third-order valence-electron chi connectivity index (χ3n) is 19.9. The average Bonchev–Trinajstić information content (AvgIpc) is 0.781. The molecule has 3 fully saturated rings. The summed E-state index contributed by atoms with van der Waals surface area (Å²) in [4.78, 5) is 13.5. The predicted molar refractivity (Wildman–Crippen MR) is 411 cm³/mol.